The van der Waals surface area contributed by atoms with Gasteiger partial charge >= 0.3 is 0 Å². The maximum Gasteiger partial charge on any atom is 0.0223 e. The van der Waals surface area contributed by atoms with E-state index in [9.17, 15) is 0 Å². The smallest absolute Gasteiger partial charge is 0.0223 e. The Balaban J connectivity index is 3.53. The molecule has 1 unspecified atom stereocenters. The molecule has 0 spiro atoms. The van der Waals surface area contributed by atoms with Crippen molar-refractivity contribution >= 4 is 0 Å². The quantitative estimate of drug-likeness (QED) is 0.496. The Kier molecular flexibility index (Phi) is 12.0. The molecule has 1 heteroatoms. The molecular weight excluding hydrogens is 182 g/mol. The van der Waals surface area contributed by atoms with Gasteiger partial charge in [0.2, 0.25) is 0 Å². The van der Waals surface area contributed by atoms with Crippen LogP contribution < -0.4 is 5.32 Å². The van der Waals surface area contributed by atoms with Crippen LogP contribution in [0.5, 0.6) is 0 Å². The number of hydrogen-bond donors (Lipinski definition) is 1. The largest absolute Gasteiger partial charge is 0.310 e. The maximum absolute atomic E-state index is 3.85. The zero-order valence-electron chi connectivity index (χ0n) is 10.7. The summed E-state index contributed by atoms with van der Waals surface area (Å²) in [5, 5.41) is 3.55. The highest BCUT2D eigenvalue weighted by atomic mass is 14.9. The number of unbranched alkanes of at least 4 members (excludes halogenated alkanes) is 4. The van der Waals surface area contributed by atoms with Crippen LogP contribution in [0.15, 0.2) is 0 Å². The lowest BCUT2D eigenvalue weighted by atomic mass is 10.0. The van der Waals surface area contributed by atoms with Crippen molar-refractivity contribution < 1.29 is 0 Å². The summed E-state index contributed by atoms with van der Waals surface area (Å²) in [5.41, 5.74) is 0. The lowest BCUT2D eigenvalue weighted by Crippen LogP contribution is -2.26. The average molecular weight is 211 g/mol. The summed E-state index contributed by atoms with van der Waals surface area (Å²) in [6, 6.07) is 0.711. The van der Waals surface area contributed by atoms with E-state index in [1.165, 1.54) is 44.9 Å². The van der Waals surface area contributed by atoms with Crippen LogP contribution in [0.1, 0.15) is 71.6 Å². The third-order valence-corrected chi connectivity index (χ3v) is 2.76. The standard InChI is InChI=1S/C14H29N/c1-4-7-10-12-14(11-8-5-2)15-13-9-6-3/h13-15H,3-12H2,1-2H3. The molecule has 0 bridgehead atoms. The van der Waals surface area contributed by atoms with Crippen LogP contribution in [0.2, 0.25) is 0 Å². The first-order valence-electron chi connectivity index (χ1n) is 6.72. The van der Waals surface area contributed by atoms with E-state index in [4.69, 9.17) is 0 Å². The fourth-order valence-electron chi connectivity index (χ4n) is 1.75. The molecule has 2 radical (unpaired) electrons. The fraction of sp³-hybridized carbons (Fsp3) is 0.857. The third kappa shape index (κ3) is 10.2. The molecular formula is C14H29N. The predicted molar refractivity (Wildman–Crippen MR) is 69.5 cm³/mol. The Hall–Kier alpha value is -0.0400. The Bertz CT molecular complexity index is 102. The molecule has 1 N–H and O–H groups in total. The van der Waals surface area contributed by atoms with Gasteiger partial charge in [-0.1, -0.05) is 59.3 Å². The Labute approximate surface area is 97.0 Å². The second kappa shape index (κ2) is 12.0. The maximum atomic E-state index is 3.85. The van der Waals surface area contributed by atoms with Crippen molar-refractivity contribution in [2.75, 3.05) is 0 Å². The second-order valence-electron chi connectivity index (χ2n) is 4.35. The molecule has 0 aliphatic rings. The van der Waals surface area contributed by atoms with Gasteiger partial charge in [-0.2, -0.15) is 0 Å². The Morgan fingerprint density at radius 2 is 1.73 bits per heavy atom. The molecule has 0 saturated carbocycles. The highest BCUT2D eigenvalue weighted by molar-refractivity contribution is 4.73. The number of rotatable bonds is 11. The van der Waals surface area contributed by atoms with Gasteiger partial charge in [-0.3, -0.25) is 0 Å². The molecule has 0 fully saturated rings. The van der Waals surface area contributed by atoms with Crippen LogP contribution in [0.3, 0.4) is 0 Å². The van der Waals surface area contributed by atoms with Crippen molar-refractivity contribution in [3.05, 3.63) is 13.5 Å². The van der Waals surface area contributed by atoms with Gasteiger partial charge in [0.1, 0.15) is 0 Å². The molecule has 0 saturated heterocycles. The molecule has 0 aliphatic carbocycles. The summed E-state index contributed by atoms with van der Waals surface area (Å²) in [6.07, 6.45) is 11.5. The molecule has 90 valence electrons. The summed E-state index contributed by atoms with van der Waals surface area (Å²) < 4.78 is 0. The molecule has 1 nitrogen and oxygen atoms in total. The van der Waals surface area contributed by atoms with Crippen LogP contribution >= 0.6 is 0 Å². The van der Waals surface area contributed by atoms with Crippen molar-refractivity contribution in [3.63, 3.8) is 0 Å². The molecule has 0 aliphatic heterocycles. The highest BCUT2D eigenvalue weighted by Crippen LogP contribution is 2.10. The first kappa shape index (κ1) is 15.0. The van der Waals surface area contributed by atoms with Gasteiger partial charge in [0.25, 0.3) is 0 Å². The highest BCUT2D eigenvalue weighted by Gasteiger charge is 2.06. The summed E-state index contributed by atoms with van der Waals surface area (Å²) in [4.78, 5) is 0. The Morgan fingerprint density at radius 1 is 1.07 bits per heavy atom. The van der Waals surface area contributed by atoms with E-state index in [-0.39, 0.29) is 0 Å². The van der Waals surface area contributed by atoms with Gasteiger partial charge in [-0.05, 0) is 19.3 Å². The second-order valence-corrected chi connectivity index (χ2v) is 4.35. The number of nitrogens with one attached hydrogen (secondary N) is 1. The zero-order chi connectivity index (χ0) is 11.4. The fourth-order valence-corrected chi connectivity index (χ4v) is 1.75. The van der Waals surface area contributed by atoms with E-state index in [1.807, 2.05) is 0 Å². The normalized spacial score (nSPS) is 13.0. The minimum Gasteiger partial charge on any atom is -0.310 e. The number of hydrogen-bond acceptors (Lipinski definition) is 1. The van der Waals surface area contributed by atoms with Gasteiger partial charge < -0.3 is 5.32 Å². The van der Waals surface area contributed by atoms with Gasteiger partial charge in [0.05, 0.1) is 0 Å². The molecule has 15 heavy (non-hydrogen) atoms. The van der Waals surface area contributed by atoms with E-state index >= 15 is 0 Å². The first-order chi connectivity index (χ1) is 7.35. The van der Waals surface area contributed by atoms with Crippen molar-refractivity contribution in [1.82, 2.24) is 5.32 Å². The Morgan fingerprint density at radius 3 is 2.33 bits per heavy atom. The lowest BCUT2D eigenvalue weighted by Gasteiger charge is -2.17. The van der Waals surface area contributed by atoms with E-state index in [0.29, 0.717) is 6.04 Å². The van der Waals surface area contributed by atoms with Gasteiger partial charge in [0, 0.05) is 12.6 Å². The van der Waals surface area contributed by atoms with Gasteiger partial charge in [-0.25, -0.2) is 0 Å². The van der Waals surface area contributed by atoms with Crippen LogP contribution in [-0.2, 0) is 0 Å². The summed E-state index contributed by atoms with van der Waals surface area (Å²) >= 11 is 0. The minimum atomic E-state index is 0.711. The summed E-state index contributed by atoms with van der Waals surface area (Å²) in [6.45, 7) is 10.6. The third-order valence-electron chi connectivity index (χ3n) is 2.76. The molecule has 0 rings (SSSR count). The summed E-state index contributed by atoms with van der Waals surface area (Å²) in [5.74, 6) is 0. The first-order valence-corrected chi connectivity index (χ1v) is 6.72. The van der Waals surface area contributed by atoms with Crippen LogP contribution in [0.25, 0.3) is 0 Å². The van der Waals surface area contributed by atoms with E-state index in [0.717, 1.165) is 12.8 Å². The molecule has 0 amide bonds. The van der Waals surface area contributed by atoms with Crippen LogP contribution in [-0.4, -0.2) is 6.04 Å². The SMILES string of the molecule is [CH2]CC[CH]NC(CCCC)CCCCC. The molecule has 0 aromatic carbocycles. The average Bonchev–Trinajstić information content (AvgIpc) is 2.25. The predicted octanol–water partition coefficient (Wildman–Crippen LogP) is 4.49. The van der Waals surface area contributed by atoms with Crippen molar-refractivity contribution in [3.8, 4) is 0 Å². The van der Waals surface area contributed by atoms with Crippen molar-refractivity contribution in [2.45, 2.75) is 77.7 Å². The van der Waals surface area contributed by atoms with Crippen molar-refractivity contribution in [2.24, 2.45) is 0 Å². The van der Waals surface area contributed by atoms with Crippen LogP contribution in [0.4, 0.5) is 0 Å². The minimum absolute atomic E-state index is 0.711. The molecule has 0 heterocycles. The molecule has 0 aromatic rings. The van der Waals surface area contributed by atoms with Gasteiger partial charge in [0.15, 0.2) is 0 Å². The lowest BCUT2D eigenvalue weighted by molar-refractivity contribution is 0.445. The van der Waals surface area contributed by atoms with E-state index in [2.05, 4.69) is 32.6 Å². The van der Waals surface area contributed by atoms with Crippen LogP contribution in [0, 0.1) is 13.5 Å². The van der Waals surface area contributed by atoms with E-state index < -0.39 is 0 Å². The molecule has 0 aromatic heterocycles. The van der Waals surface area contributed by atoms with E-state index in [1.54, 1.807) is 0 Å². The van der Waals surface area contributed by atoms with Gasteiger partial charge in [-0.15, -0.1) is 0 Å². The molecule has 1 atom stereocenters. The zero-order valence-corrected chi connectivity index (χ0v) is 10.7. The van der Waals surface area contributed by atoms with Crippen molar-refractivity contribution in [1.29, 1.82) is 0 Å². The topological polar surface area (TPSA) is 12.0 Å². The monoisotopic (exact) mass is 211 g/mol. The summed E-state index contributed by atoms with van der Waals surface area (Å²) in [7, 11) is 0.